The quantitative estimate of drug-likeness (QED) is 0.0243. The number of carbonyl (C=O) groups excluding carboxylic acids is 6. The first kappa shape index (κ1) is 112. The Bertz CT molecular complexity index is 3310. The number of nitrogens with two attached hydrogens (primary N) is 1. The van der Waals surface area contributed by atoms with Crippen molar-refractivity contribution >= 4 is 35.7 Å². The third-order valence-corrected chi connectivity index (χ3v) is 27.0. The van der Waals surface area contributed by atoms with E-state index in [1.54, 1.807) is 76.2 Å². The molecule has 2 amide bonds. The van der Waals surface area contributed by atoms with E-state index in [0.717, 1.165) is 26.2 Å². The van der Waals surface area contributed by atoms with Crippen molar-refractivity contribution in [2.24, 2.45) is 41.2 Å². The molecule has 0 aliphatic carbocycles. The number of aliphatic hydroxyl groups excluding tert-OH is 4. The Kier molecular flexibility index (Phi) is 46.3. The van der Waals surface area contributed by atoms with Crippen molar-refractivity contribution in [1.82, 2.24) is 31.1 Å². The molecular formula is C90H164N8O28. The van der Waals surface area contributed by atoms with Crippen molar-refractivity contribution in [2.75, 3.05) is 87.3 Å². The molecule has 6 heterocycles. The number of nitrogens with one attached hydrogen (secondary N) is 4. The summed E-state index contributed by atoms with van der Waals surface area (Å²) in [5.74, 6) is -8.21. The van der Waals surface area contributed by atoms with Crippen molar-refractivity contribution in [1.29, 1.82) is 5.26 Å². The van der Waals surface area contributed by atoms with Gasteiger partial charge in [0.2, 0.25) is 11.8 Å². The van der Waals surface area contributed by atoms with Crippen LogP contribution in [0.5, 0.6) is 0 Å². The highest BCUT2D eigenvalue weighted by Gasteiger charge is 2.56. The van der Waals surface area contributed by atoms with Gasteiger partial charge in [0, 0.05) is 103 Å². The van der Waals surface area contributed by atoms with E-state index in [2.05, 4.69) is 37.1 Å². The second-order valence-corrected chi connectivity index (χ2v) is 36.7. The van der Waals surface area contributed by atoms with Crippen LogP contribution in [0.15, 0.2) is 0 Å². The summed E-state index contributed by atoms with van der Waals surface area (Å²) in [6.45, 7) is 44.3. The molecule has 36 heteroatoms. The topological polar surface area (TPSA) is 476 Å². The molecule has 0 aromatic carbocycles. The first-order valence-electron chi connectivity index (χ1n) is 46.2. The van der Waals surface area contributed by atoms with Crippen LogP contribution in [0.2, 0.25) is 0 Å². The molecule has 12 N–H and O–H groups in total. The van der Waals surface area contributed by atoms with Crippen LogP contribution in [0.4, 0.5) is 0 Å². The average Bonchev–Trinajstić information content (AvgIpc) is 0.963. The van der Waals surface area contributed by atoms with Gasteiger partial charge in [-0.15, -0.1) is 0 Å². The van der Waals surface area contributed by atoms with E-state index < -0.39 is 229 Å². The zero-order valence-corrected chi connectivity index (χ0v) is 80.4. The average molecular weight is 1810 g/mol. The van der Waals surface area contributed by atoms with Crippen LogP contribution < -0.4 is 27.0 Å². The first-order chi connectivity index (χ1) is 59.2. The number of nitriles is 1. The Labute approximate surface area is 749 Å². The molecule has 0 aromatic rings. The van der Waals surface area contributed by atoms with Gasteiger partial charge in [0.1, 0.15) is 59.0 Å². The maximum atomic E-state index is 14.4. The second-order valence-electron chi connectivity index (χ2n) is 36.7. The lowest BCUT2D eigenvalue weighted by Gasteiger charge is -2.48. The molecule has 36 nitrogen and oxygen atoms in total. The fourth-order valence-electron chi connectivity index (χ4n) is 18.5. The molecule has 0 bridgehead atoms. The molecule has 126 heavy (non-hydrogen) atoms. The summed E-state index contributed by atoms with van der Waals surface area (Å²) in [5, 5.41) is 91.1. The third kappa shape index (κ3) is 30.2. The van der Waals surface area contributed by atoms with Crippen LogP contribution >= 0.6 is 0 Å². The molecule has 732 valence electrons. The van der Waals surface area contributed by atoms with E-state index in [0.29, 0.717) is 52.0 Å². The fraction of sp³-hybridized carbons (Fsp3) is 0.922. The highest BCUT2D eigenvalue weighted by atomic mass is 16.7. The number of hydrogen-bond donors (Lipinski definition) is 11. The van der Waals surface area contributed by atoms with Crippen molar-refractivity contribution in [3.05, 3.63) is 0 Å². The SMILES string of the molecule is CC[C@H]1OC(=O)[C@H](C)[C@@H](O[C@H]2C[C@@](C)(OC)[C@@H](OC(=O)CCN(CC)CC)[C@H](C)O2)[C@H](C)[C@@H](O[C@@H]2O[C@H](C)C[C@H](NCCC#N)[C@H]2O)[C@H](OC)C[C@@H](C)C(=O)N[C@H](C)[C@H](O)[C@]1(C)O.CC[C@H]1OC(=O)[C@H](C)[C@@H](O[C@H]2C[C@@](C)(OC)[C@@H](OC(=O)CCN(CC)CC)[C@H](C)O2)[C@H](C)[C@@H](O[C@@H]2O[C@H](C)C[C@H](NCCCN)[C@H]2O)[C@H](OC)C[C@@H](C)C(=O)N[C@H](C)[C@H](O)[C@]1(C)O. The second kappa shape index (κ2) is 52.2. The number of hydrogen-bond acceptors (Lipinski definition) is 34. The van der Waals surface area contributed by atoms with E-state index in [4.69, 9.17) is 86.8 Å². The summed E-state index contributed by atoms with van der Waals surface area (Å²) in [6.07, 6.45) is -18.8. The molecule has 6 aliphatic heterocycles. The van der Waals surface area contributed by atoms with Crippen LogP contribution in [0.3, 0.4) is 0 Å². The molecule has 6 saturated heterocycles. The fourth-order valence-corrected chi connectivity index (χ4v) is 18.5. The molecule has 36 atom stereocenters. The first-order valence-corrected chi connectivity index (χ1v) is 46.2. The number of amides is 2. The van der Waals surface area contributed by atoms with Crippen LogP contribution in [0, 0.1) is 46.8 Å². The van der Waals surface area contributed by atoms with Gasteiger partial charge in [0.15, 0.2) is 37.4 Å². The summed E-state index contributed by atoms with van der Waals surface area (Å²) in [6, 6.07) is -0.645. The number of nitrogens with zero attached hydrogens (tertiary/aromatic N) is 3. The van der Waals surface area contributed by atoms with Crippen molar-refractivity contribution in [3.8, 4) is 6.07 Å². The molecule has 0 unspecified atom stereocenters. The van der Waals surface area contributed by atoms with E-state index in [1.165, 1.54) is 42.3 Å². The van der Waals surface area contributed by atoms with Gasteiger partial charge in [0.25, 0.3) is 0 Å². The van der Waals surface area contributed by atoms with Gasteiger partial charge in [0.05, 0.1) is 104 Å². The normalized spacial score (nSPS) is 41.2. The molecule has 0 aromatic heterocycles. The molecule has 6 rings (SSSR count). The number of aliphatic hydroxyl groups is 6. The Hall–Kier alpha value is -4.61. The zero-order chi connectivity index (χ0) is 94.8. The minimum Gasteiger partial charge on any atom is -0.459 e. The number of esters is 4. The van der Waals surface area contributed by atoms with Gasteiger partial charge in [-0.05, 0) is 167 Å². The number of rotatable bonds is 33. The zero-order valence-electron chi connectivity index (χ0n) is 80.4. The summed E-state index contributed by atoms with van der Waals surface area (Å²) in [7, 11) is 6.02. The summed E-state index contributed by atoms with van der Waals surface area (Å²) < 4.78 is 101. The molecule has 0 radical (unpaired) electrons. The van der Waals surface area contributed by atoms with Crippen LogP contribution in [0.25, 0.3) is 0 Å². The van der Waals surface area contributed by atoms with Gasteiger partial charge in [-0.25, -0.2) is 0 Å². The van der Waals surface area contributed by atoms with Crippen LogP contribution in [-0.2, 0) is 105 Å². The highest BCUT2D eigenvalue weighted by Crippen LogP contribution is 2.43. The van der Waals surface area contributed by atoms with Crippen LogP contribution in [0.1, 0.15) is 229 Å². The van der Waals surface area contributed by atoms with E-state index in [9.17, 15) is 59.4 Å². The lowest BCUT2D eigenvalue weighted by molar-refractivity contribution is -0.312. The van der Waals surface area contributed by atoms with Gasteiger partial charge < -0.3 is 143 Å². The van der Waals surface area contributed by atoms with Gasteiger partial charge in [-0.2, -0.15) is 5.26 Å². The number of cyclic esters (lactones) is 2. The lowest BCUT2D eigenvalue weighted by Crippen LogP contribution is -2.60. The number of carbonyl (C=O) groups is 6. The molecule has 6 aliphatic rings. The predicted octanol–water partition coefficient (Wildman–Crippen LogP) is 4.58. The van der Waals surface area contributed by atoms with Crippen LogP contribution in [-0.4, -0.2) is 345 Å². The Morgan fingerprint density at radius 1 is 0.532 bits per heavy atom. The Morgan fingerprint density at radius 3 is 1.21 bits per heavy atom. The lowest BCUT2D eigenvalue weighted by atomic mass is 9.83. The summed E-state index contributed by atoms with van der Waals surface area (Å²) in [5.41, 5.74) is -0.360. The van der Waals surface area contributed by atoms with Gasteiger partial charge in [-0.1, -0.05) is 69.2 Å². The smallest absolute Gasteiger partial charge is 0.311 e. The summed E-state index contributed by atoms with van der Waals surface area (Å²) >= 11 is 0. The Morgan fingerprint density at radius 2 is 0.889 bits per heavy atom. The van der Waals surface area contributed by atoms with Crippen molar-refractivity contribution < 1.29 is 135 Å². The van der Waals surface area contributed by atoms with Crippen molar-refractivity contribution in [3.63, 3.8) is 0 Å². The monoisotopic (exact) mass is 1810 g/mol. The predicted molar refractivity (Wildman–Crippen MR) is 465 cm³/mol. The number of methoxy groups -OCH3 is 4. The summed E-state index contributed by atoms with van der Waals surface area (Å²) in [4.78, 5) is 87.0. The highest BCUT2D eigenvalue weighted by molar-refractivity contribution is 5.79. The van der Waals surface area contributed by atoms with Gasteiger partial charge >= 0.3 is 23.9 Å². The van der Waals surface area contributed by atoms with Crippen molar-refractivity contribution in [2.45, 2.75) is 411 Å². The van der Waals surface area contributed by atoms with E-state index in [-0.39, 0.29) is 82.0 Å². The maximum Gasteiger partial charge on any atom is 0.311 e. The minimum atomic E-state index is -1.98. The molecular weight excluding hydrogens is 1640 g/mol. The largest absolute Gasteiger partial charge is 0.459 e. The Balaban J connectivity index is 0.000000447. The standard InChI is InChI=1S/C45H84N4O14.C45H80N4O14/c2*1-14-33-45(11,55)39(52)29(8)48-41(53)25(4)22-32(56-12)38(63-43-36(51)31(23-26(5)58-43)47-20-17-19-46)27(6)37(28(7)42(54)60-33)62-35-24-44(10,57-13)40(30(9)59-35)61-34(50)18-21-49(15-2)16-3/h25-33,35-40,43,47,51-52,55H,14-24,46H2,1-13H3,(H,48,53);25-33,35-40,43,47,51-52,55H,14-18,20-24H2,1-13H3,(H,48,53)/t2*25-,26-,27+,28-,29-,30+,31+,32-,33-,35+,36-,37+,38-,39+,40+,43+,44-,45-/m11/s1. The molecule has 0 spiro atoms. The third-order valence-electron chi connectivity index (χ3n) is 27.0. The maximum absolute atomic E-state index is 14.4. The van der Waals surface area contributed by atoms with E-state index >= 15 is 0 Å². The number of ether oxygens (including phenoxy) is 16. The minimum absolute atomic E-state index is 0.0810. The molecule has 6 fully saturated rings. The van der Waals surface area contributed by atoms with E-state index in [1.807, 2.05) is 62.3 Å². The molecule has 0 saturated carbocycles. The van der Waals surface area contributed by atoms with Gasteiger partial charge in [-0.3, -0.25) is 28.8 Å².